The summed E-state index contributed by atoms with van der Waals surface area (Å²) in [5.41, 5.74) is 10.0. The van der Waals surface area contributed by atoms with Crippen molar-refractivity contribution in [1.29, 1.82) is 5.41 Å². The third-order valence-electron chi connectivity index (χ3n) is 5.02. The molecule has 0 saturated carbocycles. The highest BCUT2D eigenvalue weighted by Gasteiger charge is 2.20. The van der Waals surface area contributed by atoms with Gasteiger partial charge >= 0.3 is 0 Å². The second-order valence-corrected chi connectivity index (χ2v) is 7.80. The second-order valence-electron chi connectivity index (χ2n) is 7.40. The quantitative estimate of drug-likeness (QED) is 0.317. The van der Waals surface area contributed by atoms with Crippen LogP contribution in [0.4, 0.5) is 0 Å². The molecule has 0 spiro atoms. The van der Waals surface area contributed by atoms with E-state index in [-0.39, 0.29) is 17.9 Å². The van der Waals surface area contributed by atoms with Crippen LogP contribution >= 0.6 is 11.6 Å². The standard InChI is InChI=1S/C25H26ClN3O2/c1-16(27)25(29-15-31-17(2)22-5-3-4-6-23(22)26)24(28)20-9-7-18(8-10-20)19-11-13-21(30)14-12-19/h3-17,25,28,30H,27H2,1-2H3. The molecule has 3 aromatic rings. The molecule has 0 aliphatic rings. The number of phenolic OH excluding ortho intramolecular Hbond substituents is 1. The summed E-state index contributed by atoms with van der Waals surface area (Å²) >= 11 is 6.22. The smallest absolute Gasteiger partial charge is 0.171 e. The van der Waals surface area contributed by atoms with E-state index in [9.17, 15) is 5.11 Å². The first-order valence-electron chi connectivity index (χ1n) is 10.0. The van der Waals surface area contributed by atoms with Crippen molar-refractivity contribution >= 4 is 23.7 Å². The monoisotopic (exact) mass is 435 g/mol. The van der Waals surface area contributed by atoms with E-state index in [1.165, 1.54) is 6.40 Å². The molecule has 6 heteroatoms. The largest absolute Gasteiger partial charge is 0.508 e. The Hall–Kier alpha value is -3.15. The molecule has 3 aromatic carbocycles. The number of rotatable bonds is 8. The maximum Gasteiger partial charge on any atom is 0.171 e. The molecule has 0 aliphatic heterocycles. The molecule has 3 rings (SSSR count). The maximum absolute atomic E-state index is 9.45. The molecule has 0 radical (unpaired) electrons. The molecular formula is C25H26ClN3O2. The Kier molecular flexibility index (Phi) is 7.45. The van der Waals surface area contributed by atoms with Crippen molar-refractivity contribution < 1.29 is 9.84 Å². The van der Waals surface area contributed by atoms with E-state index in [1.54, 1.807) is 12.1 Å². The van der Waals surface area contributed by atoms with E-state index in [0.717, 1.165) is 22.3 Å². The summed E-state index contributed by atoms with van der Waals surface area (Å²) in [6.07, 6.45) is 1.09. The van der Waals surface area contributed by atoms with Crippen molar-refractivity contribution in [3.8, 4) is 16.9 Å². The van der Waals surface area contributed by atoms with Gasteiger partial charge in [0.05, 0.1) is 5.71 Å². The van der Waals surface area contributed by atoms with E-state index in [0.29, 0.717) is 10.7 Å². The van der Waals surface area contributed by atoms with Gasteiger partial charge in [0.1, 0.15) is 17.9 Å². The summed E-state index contributed by atoms with van der Waals surface area (Å²) in [5, 5.41) is 18.7. The average Bonchev–Trinajstić information content (AvgIpc) is 2.77. The Morgan fingerprint density at radius 3 is 2.16 bits per heavy atom. The van der Waals surface area contributed by atoms with Crippen molar-refractivity contribution in [1.82, 2.24) is 0 Å². The fraction of sp³-hybridized carbons (Fsp3) is 0.200. The fourth-order valence-corrected chi connectivity index (χ4v) is 3.50. The van der Waals surface area contributed by atoms with Crippen LogP contribution in [-0.4, -0.2) is 29.3 Å². The SMILES string of the molecule is CC(OC=NC(C(=N)c1ccc(-c2ccc(O)cc2)cc1)C(C)N)c1ccccc1Cl. The third kappa shape index (κ3) is 5.72. The van der Waals surface area contributed by atoms with Gasteiger partial charge < -0.3 is 21.0 Å². The molecule has 0 aliphatic carbocycles. The number of hydrogen-bond acceptors (Lipinski definition) is 5. The zero-order chi connectivity index (χ0) is 22.4. The minimum atomic E-state index is -0.544. The van der Waals surface area contributed by atoms with Gasteiger partial charge in [0.15, 0.2) is 6.40 Å². The van der Waals surface area contributed by atoms with Crippen molar-refractivity contribution in [2.24, 2.45) is 10.7 Å². The molecular weight excluding hydrogens is 410 g/mol. The number of phenols is 1. The molecule has 0 amide bonds. The Labute approximate surface area is 187 Å². The van der Waals surface area contributed by atoms with E-state index < -0.39 is 6.04 Å². The predicted octanol–water partition coefficient (Wildman–Crippen LogP) is 5.60. The van der Waals surface area contributed by atoms with Gasteiger partial charge in [-0.25, -0.2) is 4.99 Å². The minimum absolute atomic E-state index is 0.228. The number of nitrogens with one attached hydrogen (secondary N) is 1. The summed E-state index contributed by atoms with van der Waals surface area (Å²) < 4.78 is 5.71. The number of aliphatic imine (C=N–C) groups is 1. The van der Waals surface area contributed by atoms with Gasteiger partial charge in [-0.3, -0.25) is 0 Å². The van der Waals surface area contributed by atoms with Crippen molar-refractivity contribution in [3.63, 3.8) is 0 Å². The summed E-state index contributed by atoms with van der Waals surface area (Å²) in [7, 11) is 0. The van der Waals surface area contributed by atoms with E-state index in [2.05, 4.69) is 4.99 Å². The molecule has 4 N–H and O–H groups in total. The topological polar surface area (TPSA) is 91.7 Å². The number of ether oxygens (including phenoxy) is 1. The van der Waals surface area contributed by atoms with Crippen LogP contribution in [0.15, 0.2) is 77.8 Å². The van der Waals surface area contributed by atoms with Gasteiger partial charge in [-0.2, -0.15) is 0 Å². The highest BCUT2D eigenvalue weighted by molar-refractivity contribution is 6.31. The van der Waals surface area contributed by atoms with Crippen LogP contribution in [-0.2, 0) is 4.74 Å². The van der Waals surface area contributed by atoms with Gasteiger partial charge in [-0.05, 0) is 48.7 Å². The minimum Gasteiger partial charge on any atom is -0.508 e. The highest BCUT2D eigenvalue weighted by atomic mass is 35.5. The zero-order valence-corrected chi connectivity index (χ0v) is 18.3. The molecule has 0 fully saturated rings. The maximum atomic E-state index is 9.45. The van der Waals surface area contributed by atoms with Gasteiger partial charge in [0, 0.05) is 16.6 Å². The molecule has 0 saturated heterocycles. The molecule has 3 unspecified atom stereocenters. The molecule has 0 heterocycles. The summed E-state index contributed by atoms with van der Waals surface area (Å²) in [4.78, 5) is 4.42. The van der Waals surface area contributed by atoms with Gasteiger partial charge in [0.2, 0.25) is 0 Å². The van der Waals surface area contributed by atoms with E-state index in [4.69, 9.17) is 27.5 Å². The lowest BCUT2D eigenvalue weighted by molar-refractivity contribution is 0.224. The van der Waals surface area contributed by atoms with Crippen LogP contribution in [0.1, 0.15) is 31.1 Å². The first-order chi connectivity index (χ1) is 14.9. The average molecular weight is 436 g/mol. The summed E-state index contributed by atoms with van der Waals surface area (Å²) in [5.74, 6) is 0.228. The number of nitrogens with zero attached hydrogens (tertiary/aromatic N) is 1. The normalized spacial score (nSPS) is 14.2. The van der Waals surface area contributed by atoms with Crippen LogP contribution in [0.25, 0.3) is 11.1 Å². The lowest BCUT2D eigenvalue weighted by Gasteiger charge is -2.19. The van der Waals surface area contributed by atoms with Crippen LogP contribution in [0.2, 0.25) is 5.02 Å². The van der Waals surface area contributed by atoms with Crippen LogP contribution < -0.4 is 5.73 Å². The lowest BCUT2D eigenvalue weighted by atomic mass is 9.96. The fourth-order valence-electron chi connectivity index (χ4n) is 3.21. The lowest BCUT2D eigenvalue weighted by Crippen LogP contribution is -2.37. The zero-order valence-electron chi connectivity index (χ0n) is 17.5. The second kappa shape index (κ2) is 10.2. The van der Waals surface area contributed by atoms with E-state index in [1.807, 2.05) is 74.5 Å². The molecule has 5 nitrogen and oxygen atoms in total. The number of aromatic hydroxyl groups is 1. The Morgan fingerprint density at radius 1 is 1.00 bits per heavy atom. The number of benzene rings is 3. The molecule has 0 bridgehead atoms. The number of hydrogen-bond donors (Lipinski definition) is 3. The Bertz CT molecular complexity index is 1050. The first kappa shape index (κ1) is 22.5. The number of nitrogens with two attached hydrogens (primary N) is 1. The van der Waals surface area contributed by atoms with Crippen LogP contribution in [0.5, 0.6) is 5.75 Å². The summed E-state index contributed by atoms with van der Waals surface area (Å²) in [6.45, 7) is 3.71. The van der Waals surface area contributed by atoms with Crippen molar-refractivity contribution in [3.05, 3.63) is 88.9 Å². The van der Waals surface area contributed by atoms with Crippen molar-refractivity contribution in [2.45, 2.75) is 32.0 Å². The van der Waals surface area contributed by atoms with E-state index >= 15 is 0 Å². The molecule has 160 valence electrons. The highest BCUT2D eigenvalue weighted by Crippen LogP contribution is 2.25. The molecule has 3 atom stereocenters. The Morgan fingerprint density at radius 2 is 1.58 bits per heavy atom. The molecule has 0 aromatic heterocycles. The Balaban J connectivity index is 1.70. The third-order valence-corrected chi connectivity index (χ3v) is 5.36. The summed E-state index contributed by atoms with van der Waals surface area (Å²) in [6, 6.07) is 21.2. The van der Waals surface area contributed by atoms with Crippen LogP contribution in [0.3, 0.4) is 0 Å². The van der Waals surface area contributed by atoms with Gasteiger partial charge in [-0.1, -0.05) is 66.2 Å². The number of halogens is 1. The van der Waals surface area contributed by atoms with Crippen LogP contribution in [0, 0.1) is 5.41 Å². The van der Waals surface area contributed by atoms with Crippen molar-refractivity contribution in [2.75, 3.05) is 0 Å². The predicted molar refractivity (Wildman–Crippen MR) is 127 cm³/mol. The molecule has 31 heavy (non-hydrogen) atoms. The first-order valence-corrected chi connectivity index (χ1v) is 10.4. The van der Waals surface area contributed by atoms with Gasteiger partial charge in [-0.15, -0.1) is 0 Å². The van der Waals surface area contributed by atoms with Gasteiger partial charge in [0.25, 0.3) is 0 Å².